The summed E-state index contributed by atoms with van der Waals surface area (Å²) in [5.41, 5.74) is 1.03. The van der Waals surface area contributed by atoms with Gasteiger partial charge in [-0.25, -0.2) is 0 Å². The van der Waals surface area contributed by atoms with Crippen molar-refractivity contribution in [1.82, 2.24) is 0 Å². The fourth-order valence-corrected chi connectivity index (χ4v) is 1.75. The predicted molar refractivity (Wildman–Crippen MR) is 70.4 cm³/mol. The first kappa shape index (κ1) is 14.0. The maximum Gasteiger partial charge on any atom is 0.275 e. The van der Waals surface area contributed by atoms with Crippen LogP contribution in [0, 0.1) is 22.5 Å². The highest BCUT2D eigenvalue weighted by molar-refractivity contribution is 5.56. The van der Waals surface area contributed by atoms with E-state index in [4.69, 9.17) is 6.42 Å². The van der Waals surface area contributed by atoms with Gasteiger partial charge in [-0.1, -0.05) is 12.8 Å². The standard InChI is InChI=1S/C13H16N2O3/c1-3-7-14(8-4-2)12-5-6-13(15(17)18)11(9-12)10-16/h1,5-6,9,16H,4,7-8,10H2,2H3. The fourth-order valence-electron chi connectivity index (χ4n) is 1.75. The molecule has 0 aliphatic rings. The number of anilines is 1. The van der Waals surface area contributed by atoms with Crippen molar-refractivity contribution in [3.8, 4) is 12.3 Å². The number of hydrogen-bond donors (Lipinski definition) is 1. The van der Waals surface area contributed by atoms with Crippen LogP contribution in [0.4, 0.5) is 11.4 Å². The summed E-state index contributed by atoms with van der Waals surface area (Å²) in [4.78, 5) is 12.2. The van der Waals surface area contributed by atoms with Gasteiger partial charge in [-0.3, -0.25) is 10.1 Å². The summed E-state index contributed by atoms with van der Waals surface area (Å²) >= 11 is 0. The van der Waals surface area contributed by atoms with Gasteiger partial charge in [-0.15, -0.1) is 6.42 Å². The predicted octanol–water partition coefficient (Wildman–Crippen LogP) is 1.94. The van der Waals surface area contributed by atoms with Gasteiger partial charge in [0.1, 0.15) is 0 Å². The first-order valence-corrected chi connectivity index (χ1v) is 5.70. The molecule has 1 N–H and O–H groups in total. The second-order valence-corrected chi connectivity index (χ2v) is 3.85. The van der Waals surface area contributed by atoms with Crippen molar-refractivity contribution in [1.29, 1.82) is 0 Å². The molecule has 0 radical (unpaired) electrons. The van der Waals surface area contributed by atoms with Gasteiger partial charge in [0.2, 0.25) is 0 Å². The Balaban J connectivity index is 3.10. The van der Waals surface area contributed by atoms with E-state index in [9.17, 15) is 15.2 Å². The molecule has 0 bridgehead atoms. The fraction of sp³-hybridized carbons (Fsp3) is 0.385. The van der Waals surface area contributed by atoms with E-state index in [1.54, 1.807) is 12.1 Å². The van der Waals surface area contributed by atoms with E-state index in [1.165, 1.54) is 6.07 Å². The van der Waals surface area contributed by atoms with Gasteiger partial charge in [0, 0.05) is 18.3 Å². The Morgan fingerprint density at radius 1 is 1.56 bits per heavy atom. The minimum Gasteiger partial charge on any atom is -0.391 e. The van der Waals surface area contributed by atoms with Gasteiger partial charge in [0.05, 0.1) is 23.6 Å². The monoisotopic (exact) mass is 248 g/mol. The maximum absolute atomic E-state index is 10.8. The zero-order valence-electron chi connectivity index (χ0n) is 10.3. The van der Waals surface area contributed by atoms with Crippen molar-refractivity contribution < 1.29 is 10.0 Å². The molecule has 0 fully saturated rings. The van der Waals surface area contributed by atoms with Crippen molar-refractivity contribution in [3.05, 3.63) is 33.9 Å². The SMILES string of the molecule is C#CCN(CCC)c1ccc([N+](=O)[O-])c(CO)c1. The van der Waals surface area contributed by atoms with Crippen LogP contribution in [0.5, 0.6) is 0 Å². The van der Waals surface area contributed by atoms with Crippen LogP contribution in [0.15, 0.2) is 18.2 Å². The number of hydrogen-bond acceptors (Lipinski definition) is 4. The minimum atomic E-state index is -0.499. The van der Waals surface area contributed by atoms with Crippen LogP contribution in [-0.4, -0.2) is 23.1 Å². The van der Waals surface area contributed by atoms with Gasteiger partial charge in [-0.2, -0.15) is 0 Å². The molecule has 1 rings (SSSR count). The van der Waals surface area contributed by atoms with Gasteiger partial charge >= 0.3 is 0 Å². The Morgan fingerprint density at radius 3 is 2.78 bits per heavy atom. The van der Waals surface area contributed by atoms with Gasteiger partial charge < -0.3 is 10.0 Å². The Hall–Kier alpha value is -2.06. The molecule has 0 saturated carbocycles. The molecule has 0 aliphatic heterocycles. The molecule has 0 atom stereocenters. The lowest BCUT2D eigenvalue weighted by atomic mass is 10.1. The third kappa shape index (κ3) is 3.22. The normalized spacial score (nSPS) is 9.83. The topological polar surface area (TPSA) is 66.6 Å². The number of nitro groups is 1. The van der Waals surface area contributed by atoms with Crippen LogP contribution in [0.2, 0.25) is 0 Å². The third-order valence-corrected chi connectivity index (χ3v) is 2.57. The Kier molecular flexibility index (Phi) is 5.15. The van der Waals surface area contributed by atoms with Crippen LogP contribution < -0.4 is 4.90 Å². The highest BCUT2D eigenvalue weighted by Gasteiger charge is 2.15. The number of terminal acetylenes is 1. The molecule has 0 amide bonds. The van der Waals surface area contributed by atoms with Crippen LogP contribution in [0.1, 0.15) is 18.9 Å². The molecule has 1 aromatic rings. The van der Waals surface area contributed by atoms with E-state index in [0.717, 1.165) is 18.7 Å². The first-order valence-electron chi connectivity index (χ1n) is 5.70. The van der Waals surface area contributed by atoms with Crippen molar-refractivity contribution in [2.45, 2.75) is 20.0 Å². The molecule has 0 aromatic heterocycles. The number of aliphatic hydroxyl groups excluding tert-OH is 1. The molecule has 0 spiro atoms. The number of benzene rings is 1. The molecule has 5 heteroatoms. The summed E-state index contributed by atoms with van der Waals surface area (Å²) < 4.78 is 0. The van der Waals surface area contributed by atoms with E-state index in [1.807, 2.05) is 11.8 Å². The molecule has 96 valence electrons. The Morgan fingerprint density at radius 2 is 2.28 bits per heavy atom. The van der Waals surface area contributed by atoms with Gasteiger partial charge in [0.15, 0.2) is 0 Å². The molecule has 0 heterocycles. The molecule has 1 aromatic carbocycles. The largest absolute Gasteiger partial charge is 0.391 e. The molecular formula is C13H16N2O3. The summed E-state index contributed by atoms with van der Waals surface area (Å²) in [6, 6.07) is 4.68. The first-order chi connectivity index (χ1) is 8.63. The minimum absolute atomic E-state index is 0.0709. The van der Waals surface area contributed by atoms with Crippen LogP contribution >= 0.6 is 0 Å². The second-order valence-electron chi connectivity index (χ2n) is 3.85. The number of nitrogens with zero attached hydrogens (tertiary/aromatic N) is 2. The molecule has 0 unspecified atom stereocenters. The molecule has 0 aliphatic carbocycles. The van der Waals surface area contributed by atoms with Crippen LogP contribution in [-0.2, 0) is 6.61 Å². The molecule has 18 heavy (non-hydrogen) atoms. The average molecular weight is 248 g/mol. The lowest BCUT2D eigenvalue weighted by molar-refractivity contribution is -0.385. The average Bonchev–Trinajstić information content (AvgIpc) is 2.37. The van der Waals surface area contributed by atoms with E-state index in [0.29, 0.717) is 12.1 Å². The van der Waals surface area contributed by atoms with E-state index >= 15 is 0 Å². The van der Waals surface area contributed by atoms with Crippen molar-refractivity contribution in [2.75, 3.05) is 18.0 Å². The quantitative estimate of drug-likeness (QED) is 0.474. The zero-order chi connectivity index (χ0) is 13.5. The van der Waals surface area contributed by atoms with Crippen molar-refractivity contribution in [3.63, 3.8) is 0 Å². The zero-order valence-corrected chi connectivity index (χ0v) is 10.3. The highest BCUT2D eigenvalue weighted by Crippen LogP contribution is 2.25. The smallest absolute Gasteiger partial charge is 0.275 e. The summed E-state index contributed by atoms with van der Waals surface area (Å²) in [5, 5.41) is 19.9. The lowest BCUT2D eigenvalue weighted by Gasteiger charge is -2.22. The third-order valence-electron chi connectivity index (χ3n) is 2.57. The van der Waals surface area contributed by atoms with Crippen molar-refractivity contribution >= 4 is 11.4 Å². The van der Waals surface area contributed by atoms with E-state index < -0.39 is 4.92 Å². The number of nitro benzene ring substituents is 1. The van der Waals surface area contributed by atoms with Crippen LogP contribution in [0.3, 0.4) is 0 Å². The van der Waals surface area contributed by atoms with Crippen molar-refractivity contribution in [2.24, 2.45) is 0 Å². The summed E-state index contributed by atoms with van der Waals surface area (Å²) in [5.74, 6) is 2.56. The van der Waals surface area contributed by atoms with Gasteiger partial charge in [-0.05, 0) is 18.6 Å². The Bertz CT molecular complexity index is 466. The second kappa shape index (κ2) is 6.62. The molecular weight excluding hydrogens is 232 g/mol. The highest BCUT2D eigenvalue weighted by atomic mass is 16.6. The maximum atomic E-state index is 10.8. The molecule has 5 nitrogen and oxygen atoms in total. The van der Waals surface area contributed by atoms with E-state index in [2.05, 4.69) is 5.92 Å². The van der Waals surface area contributed by atoms with Gasteiger partial charge in [0.25, 0.3) is 5.69 Å². The number of aliphatic hydroxyl groups is 1. The Labute approximate surface area is 106 Å². The molecule has 0 saturated heterocycles. The lowest BCUT2D eigenvalue weighted by Crippen LogP contribution is -2.24. The summed E-state index contributed by atoms with van der Waals surface area (Å²) in [6.45, 7) is 2.88. The van der Waals surface area contributed by atoms with Crippen LogP contribution in [0.25, 0.3) is 0 Å². The number of rotatable bonds is 6. The summed E-state index contributed by atoms with van der Waals surface area (Å²) in [6.07, 6.45) is 6.22. The summed E-state index contributed by atoms with van der Waals surface area (Å²) in [7, 11) is 0. The van der Waals surface area contributed by atoms with E-state index in [-0.39, 0.29) is 12.3 Å².